The summed E-state index contributed by atoms with van der Waals surface area (Å²) in [5.41, 5.74) is 5.97. The summed E-state index contributed by atoms with van der Waals surface area (Å²) in [5.74, 6) is -1.59. The van der Waals surface area contributed by atoms with Crippen LogP contribution in [0.1, 0.15) is 11.5 Å². The number of hydrogen-bond acceptors (Lipinski definition) is 2. The molecule has 3 N–H and O–H groups in total. The first-order valence-corrected chi connectivity index (χ1v) is 4.21. The van der Waals surface area contributed by atoms with Crippen LogP contribution in [-0.4, -0.2) is 17.6 Å². The molecule has 1 rings (SSSR count). The van der Waals surface area contributed by atoms with Crippen molar-refractivity contribution in [1.29, 1.82) is 0 Å². The van der Waals surface area contributed by atoms with E-state index in [0.717, 1.165) is 0 Å². The number of nitrogens with two attached hydrogens (primary N) is 1. The molecule has 0 amide bonds. The molecule has 0 aromatic heterocycles. The molecule has 13 heavy (non-hydrogen) atoms. The molecule has 0 bridgehead atoms. The van der Waals surface area contributed by atoms with Crippen molar-refractivity contribution in [2.45, 2.75) is 5.92 Å². The van der Waals surface area contributed by atoms with Gasteiger partial charge in [-0.05, 0) is 17.7 Å². The number of carboxylic acids is 1. The first-order chi connectivity index (χ1) is 6.15. The molecule has 3 nitrogen and oxygen atoms in total. The van der Waals surface area contributed by atoms with E-state index in [1.165, 1.54) is 0 Å². The van der Waals surface area contributed by atoms with E-state index in [-0.39, 0.29) is 6.54 Å². The zero-order valence-corrected chi connectivity index (χ0v) is 7.66. The third-order valence-corrected chi connectivity index (χ3v) is 2.02. The molecule has 4 heteroatoms. The molecule has 70 valence electrons. The van der Waals surface area contributed by atoms with Crippen molar-refractivity contribution >= 4 is 17.6 Å². The van der Waals surface area contributed by atoms with Crippen LogP contribution in [0.25, 0.3) is 0 Å². The highest BCUT2D eigenvalue weighted by atomic mass is 35.5. The Morgan fingerprint density at radius 2 is 2.31 bits per heavy atom. The third-order valence-electron chi connectivity index (χ3n) is 1.78. The molecule has 1 atom stereocenters. The van der Waals surface area contributed by atoms with Crippen LogP contribution < -0.4 is 5.73 Å². The van der Waals surface area contributed by atoms with Gasteiger partial charge in [-0.1, -0.05) is 23.7 Å². The number of benzene rings is 1. The topological polar surface area (TPSA) is 63.3 Å². The predicted molar refractivity (Wildman–Crippen MR) is 50.9 cm³/mol. The molecule has 0 spiro atoms. The van der Waals surface area contributed by atoms with Gasteiger partial charge in [0.15, 0.2) is 0 Å². The molecular weight excluding hydrogens is 190 g/mol. The van der Waals surface area contributed by atoms with Gasteiger partial charge in [0, 0.05) is 11.6 Å². The van der Waals surface area contributed by atoms with E-state index in [4.69, 9.17) is 22.4 Å². The van der Waals surface area contributed by atoms with Crippen LogP contribution in [0.3, 0.4) is 0 Å². The molecule has 0 fully saturated rings. The van der Waals surface area contributed by atoms with Gasteiger partial charge in [0.2, 0.25) is 0 Å². The summed E-state index contributed by atoms with van der Waals surface area (Å²) in [4.78, 5) is 10.7. The van der Waals surface area contributed by atoms with Gasteiger partial charge in [0.1, 0.15) is 0 Å². The van der Waals surface area contributed by atoms with E-state index in [0.29, 0.717) is 10.6 Å². The monoisotopic (exact) mass is 199 g/mol. The van der Waals surface area contributed by atoms with Crippen molar-refractivity contribution in [1.82, 2.24) is 0 Å². The van der Waals surface area contributed by atoms with Crippen molar-refractivity contribution in [2.75, 3.05) is 6.54 Å². The Balaban J connectivity index is 2.98. The summed E-state index contributed by atoms with van der Waals surface area (Å²) < 4.78 is 0. The van der Waals surface area contributed by atoms with Gasteiger partial charge in [-0.2, -0.15) is 0 Å². The van der Waals surface area contributed by atoms with Crippen LogP contribution in [0.5, 0.6) is 0 Å². The first kappa shape index (κ1) is 10.0. The lowest BCUT2D eigenvalue weighted by atomic mass is 10.00. The van der Waals surface area contributed by atoms with E-state index < -0.39 is 11.9 Å². The Hall–Kier alpha value is -1.06. The van der Waals surface area contributed by atoms with Crippen molar-refractivity contribution in [3.63, 3.8) is 0 Å². The average Bonchev–Trinajstić information content (AvgIpc) is 2.04. The normalized spacial score (nSPS) is 12.5. The number of halogens is 1. The molecule has 0 heterocycles. The van der Waals surface area contributed by atoms with E-state index in [2.05, 4.69) is 0 Å². The van der Waals surface area contributed by atoms with Crippen molar-refractivity contribution in [2.24, 2.45) is 5.73 Å². The van der Waals surface area contributed by atoms with Crippen LogP contribution >= 0.6 is 11.6 Å². The Labute approximate surface area is 81.1 Å². The zero-order chi connectivity index (χ0) is 9.84. The van der Waals surface area contributed by atoms with Crippen LogP contribution in [0.2, 0.25) is 5.02 Å². The Morgan fingerprint density at radius 3 is 2.77 bits per heavy atom. The molecule has 1 aromatic carbocycles. The number of rotatable bonds is 3. The van der Waals surface area contributed by atoms with Crippen LogP contribution in [0, 0.1) is 0 Å². The molecule has 1 aromatic rings. The standard InChI is InChI=1S/C9H10ClNO2/c10-7-3-1-2-6(4-7)8(5-11)9(12)13/h1-4,8H,5,11H2,(H,12,13)/t8-/m0/s1. The summed E-state index contributed by atoms with van der Waals surface area (Å²) >= 11 is 5.72. The maximum atomic E-state index is 10.7. The molecule has 0 radical (unpaired) electrons. The molecule has 0 aliphatic carbocycles. The minimum Gasteiger partial charge on any atom is -0.481 e. The second kappa shape index (κ2) is 4.25. The fourth-order valence-corrected chi connectivity index (χ4v) is 1.30. The maximum absolute atomic E-state index is 10.7. The number of hydrogen-bond donors (Lipinski definition) is 2. The van der Waals surface area contributed by atoms with Gasteiger partial charge in [0.05, 0.1) is 5.92 Å². The molecule has 0 aliphatic heterocycles. The summed E-state index contributed by atoms with van der Waals surface area (Å²) in [6.07, 6.45) is 0. The van der Waals surface area contributed by atoms with Gasteiger partial charge in [0.25, 0.3) is 0 Å². The minimum absolute atomic E-state index is 0.0790. The van der Waals surface area contributed by atoms with Gasteiger partial charge < -0.3 is 10.8 Å². The Morgan fingerprint density at radius 1 is 1.62 bits per heavy atom. The maximum Gasteiger partial charge on any atom is 0.312 e. The highest BCUT2D eigenvalue weighted by molar-refractivity contribution is 6.30. The fraction of sp³-hybridized carbons (Fsp3) is 0.222. The van der Waals surface area contributed by atoms with Crippen LogP contribution in [0.15, 0.2) is 24.3 Å². The molecule has 0 saturated heterocycles. The Kier molecular flexibility index (Phi) is 3.28. The summed E-state index contributed by atoms with van der Waals surface area (Å²) in [5, 5.41) is 9.32. The average molecular weight is 200 g/mol. The lowest BCUT2D eigenvalue weighted by Crippen LogP contribution is -2.20. The highest BCUT2D eigenvalue weighted by Gasteiger charge is 2.17. The summed E-state index contributed by atoms with van der Waals surface area (Å²) in [6.45, 7) is 0.0790. The lowest BCUT2D eigenvalue weighted by molar-refractivity contribution is -0.138. The smallest absolute Gasteiger partial charge is 0.312 e. The van der Waals surface area contributed by atoms with E-state index >= 15 is 0 Å². The third kappa shape index (κ3) is 2.44. The Bertz CT molecular complexity index is 314. The van der Waals surface area contributed by atoms with Gasteiger partial charge in [-0.3, -0.25) is 4.79 Å². The van der Waals surface area contributed by atoms with Crippen LogP contribution in [0.4, 0.5) is 0 Å². The van der Waals surface area contributed by atoms with E-state index in [9.17, 15) is 4.79 Å². The van der Waals surface area contributed by atoms with E-state index in [1.54, 1.807) is 24.3 Å². The number of carboxylic acid groups (broad SMARTS) is 1. The second-order valence-corrected chi connectivity index (χ2v) is 3.12. The lowest BCUT2D eigenvalue weighted by Gasteiger charge is -2.09. The largest absolute Gasteiger partial charge is 0.481 e. The second-order valence-electron chi connectivity index (χ2n) is 2.68. The van der Waals surface area contributed by atoms with E-state index in [1.807, 2.05) is 0 Å². The number of carbonyl (C=O) groups is 1. The zero-order valence-electron chi connectivity index (χ0n) is 6.90. The van der Waals surface area contributed by atoms with Crippen molar-refractivity contribution in [3.05, 3.63) is 34.9 Å². The predicted octanol–water partition coefficient (Wildman–Crippen LogP) is 1.47. The number of aliphatic carboxylic acids is 1. The first-order valence-electron chi connectivity index (χ1n) is 3.83. The van der Waals surface area contributed by atoms with Crippen LogP contribution in [-0.2, 0) is 4.79 Å². The molecule has 0 saturated carbocycles. The van der Waals surface area contributed by atoms with Crippen molar-refractivity contribution in [3.8, 4) is 0 Å². The summed E-state index contributed by atoms with van der Waals surface area (Å²) in [7, 11) is 0. The quantitative estimate of drug-likeness (QED) is 0.775. The molecule has 0 aliphatic rings. The molecule has 0 unspecified atom stereocenters. The minimum atomic E-state index is -0.926. The fourth-order valence-electron chi connectivity index (χ4n) is 1.10. The van der Waals surface area contributed by atoms with Gasteiger partial charge in [-0.25, -0.2) is 0 Å². The molecular formula is C9H10ClNO2. The SMILES string of the molecule is NC[C@H](C(=O)O)c1cccc(Cl)c1. The van der Waals surface area contributed by atoms with Crippen molar-refractivity contribution < 1.29 is 9.90 Å². The van der Waals surface area contributed by atoms with Gasteiger partial charge >= 0.3 is 5.97 Å². The summed E-state index contributed by atoms with van der Waals surface area (Å²) in [6, 6.07) is 6.73. The van der Waals surface area contributed by atoms with Gasteiger partial charge in [-0.15, -0.1) is 0 Å². The highest BCUT2D eigenvalue weighted by Crippen LogP contribution is 2.18.